The summed E-state index contributed by atoms with van der Waals surface area (Å²) in [5, 5.41) is 3.36. The number of nitrogens with zero attached hydrogens (tertiary/aromatic N) is 3. The van der Waals surface area contributed by atoms with Gasteiger partial charge in [-0.05, 0) is 41.8 Å². The van der Waals surface area contributed by atoms with Gasteiger partial charge >= 0.3 is 6.18 Å². The summed E-state index contributed by atoms with van der Waals surface area (Å²) in [6, 6.07) is 9.59. The highest BCUT2D eigenvalue weighted by molar-refractivity contribution is 7.90. The number of ether oxygens (including phenoxy) is 1. The molecule has 0 radical (unpaired) electrons. The average molecular weight is 508 g/mol. The second-order valence-electron chi connectivity index (χ2n) is 7.70. The van der Waals surface area contributed by atoms with E-state index >= 15 is 0 Å². The maximum absolute atomic E-state index is 13.2. The second-order valence-corrected chi connectivity index (χ2v) is 10.7. The number of hydrogen-bond donors (Lipinski definition) is 0. The van der Waals surface area contributed by atoms with Crippen LogP contribution in [0, 0.1) is 0 Å². The molecule has 2 aromatic carbocycles. The van der Waals surface area contributed by atoms with Gasteiger partial charge in [0, 0.05) is 36.6 Å². The first-order chi connectivity index (χ1) is 16.0. The van der Waals surface area contributed by atoms with Crippen molar-refractivity contribution >= 4 is 37.8 Å². The molecule has 2 aromatic heterocycles. The highest BCUT2D eigenvalue weighted by Crippen LogP contribution is 2.40. The summed E-state index contributed by atoms with van der Waals surface area (Å²) in [5.41, 5.74) is -0.0880. The van der Waals surface area contributed by atoms with E-state index < -0.39 is 21.6 Å². The number of rotatable bonds is 6. The summed E-state index contributed by atoms with van der Waals surface area (Å²) >= 11 is 1.26. The molecule has 0 aliphatic carbocycles. The first-order valence-electron chi connectivity index (χ1n) is 9.98. The van der Waals surface area contributed by atoms with E-state index in [1.54, 1.807) is 48.8 Å². The molecule has 0 aliphatic heterocycles. The Balaban J connectivity index is 1.90. The number of pyridine rings is 1. The van der Waals surface area contributed by atoms with Crippen LogP contribution in [-0.4, -0.2) is 39.6 Å². The van der Waals surface area contributed by atoms with E-state index in [4.69, 9.17) is 4.74 Å². The van der Waals surface area contributed by atoms with Gasteiger partial charge in [0.05, 0.1) is 23.3 Å². The molecule has 0 amide bonds. The van der Waals surface area contributed by atoms with Crippen molar-refractivity contribution in [1.82, 2.24) is 9.97 Å². The molecule has 178 valence electrons. The zero-order chi connectivity index (χ0) is 24.7. The number of aromatic nitrogens is 2. The number of thiazole rings is 1. The predicted octanol–water partition coefficient (Wildman–Crippen LogP) is 5.43. The van der Waals surface area contributed by atoms with Crippen molar-refractivity contribution in [2.75, 3.05) is 26.1 Å². The monoisotopic (exact) mass is 507 g/mol. The molecule has 4 aromatic rings. The fourth-order valence-corrected chi connectivity index (χ4v) is 5.77. The summed E-state index contributed by atoms with van der Waals surface area (Å²) in [7, 11) is 1.17. The average Bonchev–Trinajstić information content (AvgIpc) is 3.29. The molecular formula is C23H20F3N3O3S2. The van der Waals surface area contributed by atoms with Gasteiger partial charge in [-0.2, -0.15) is 13.2 Å². The Labute approximate surface area is 198 Å². The highest BCUT2D eigenvalue weighted by Gasteiger charge is 2.31. The Bertz CT molecular complexity index is 1450. The molecule has 4 rings (SSSR count). The molecule has 11 heteroatoms. The van der Waals surface area contributed by atoms with E-state index in [1.165, 1.54) is 30.6 Å². The number of benzene rings is 2. The summed E-state index contributed by atoms with van der Waals surface area (Å²) < 4.78 is 70.8. The van der Waals surface area contributed by atoms with Crippen LogP contribution in [0.4, 0.5) is 19.0 Å². The smallest absolute Gasteiger partial charge is 0.416 e. The van der Waals surface area contributed by atoms with Crippen molar-refractivity contribution in [1.29, 1.82) is 0 Å². The Hall–Kier alpha value is -3.18. The molecule has 0 N–H and O–H groups in total. The molecule has 0 spiro atoms. The van der Waals surface area contributed by atoms with Crippen molar-refractivity contribution in [3.63, 3.8) is 0 Å². The largest absolute Gasteiger partial charge is 0.496 e. The van der Waals surface area contributed by atoms with Gasteiger partial charge in [-0.15, -0.1) is 11.3 Å². The molecule has 2 heterocycles. The molecule has 0 unspecified atom stereocenters. The van der Waals surface area contributed by atoms with Gasteiger partial charge in [0.25, 0.3) is 0 Å². The lowest BCUT2D eigenvalue weighted by molar-refractivity contribution is -0.137. The van der Waals surface area contributed by atoms with Crippen LogP contribution >= 0.6 is 11.3 Å². The van der Waals surface area contributed by atoms with Crippen LogP contribution in [0.1, 0.15) is 10.6 Å². The fraction of sp³-hybridized carbons (Fsp3) is 0.217. The van der Waals surface area contributed by atoms with E-state index in [1.807, 2.05) is 0 Å². The number of methoxy groups -OCH3 is 1. The highest BCUT2D eigenvalue weighted by atomic mass is 32.2. The minimum absolute atomic E-state index is 0.0139. The molecule has 6 nitrogen and oxygen atoms in total. The van der Waals surface area contributed by atoms with E-state index in [-0.39, 0.29) is 16.4 Å². The van der Waals surface area contributed by atoms with Crippen LogP contribution in [0.25, 0.3) is 22.0 Å². The van der Waals surface area contributed by atoms with Crippen LogP contribution in [0.15, 0.2) is 58.9 Å². The molecule has 34 heavy (non-hydrogen) atoms. The lowest BCUT2D eigenvalue weighted by atomic mass is 10.0. The van der Waals surface area contributed by atoms with Gasteiger partial charge in [-0.1, -0.05) is 6.07 Å². The Kier molecular flexibility index (Phi) is 6.26. The van der Waals surface area contributed by atoms with Gasteiger partial charge in [0.2, 0.25) is 0 Å². The van der Waals surface area contributed by atoms with Crippen LogP contribution in [0.2, 0.25) is 0 Å². The fourth-order valence-electron chi connectivity index (χ4n) is 3.48. The van der Waals surface area contributed by atoms with Gasteiger partial charge in [0.15, 0.2) is 9.84 Å². The SMILES string of the molecule is COc1cc(C(F)(F)F)ccc1-c1nc(N(C)C)cc2cc(S(=O)(=O)Cc3nccs3)ccc12. The third-order valence-electron chi connectivity index (χ3n) is 5.19. The normalized spacial score (nSPS) is 12.2. The van der Waals surface area contributed by atoms with Crippen molar-refractivity contribution in [2.45, 2.75) is 16.8 Å². The Morgan fingerprint density at radius 3 is 2.47 bits per heavy atom. The van der Waals surface area contributed by atoms with Crippen LogP contribution in [-0.2, 0) is 21.8 Å². The number of fused-ring (bicyclic) bond motifs is 1. The Morgan fingerprint density at radius 2 is 1.85 bits per heavy atom. The molecule has 0 atom stereocenters. The van der Waals surface area contributed by atoms with Crippen molar-refractivity contribution in [3.05, 3.63) is 64.6 Å². The zero-order valence-electron chi connectivity index (χ0n) is 18.4. The predicted molar refractivity (Wildman–Crippen MR) is 126 cm³/mol. The minimum atomic E-state index is -4.52. The van der Waals surface area contributed by atoms with E-state index in [0.29, 0.717) is 32.9 Å². The van der Waals surface area contributed by atoms with E-state index in [2.05, 4.69) is 9.97 Å². The van der Waals surface area contributed by atoms with E-state index in [0.717, 1.165) is 12.1 Å². The minimum Gasteiger partial charge on any atom is -0.496 e. The van der Waals surface area contributed by atoms with Crippen LogP contribution in [0.5, 0.6) is 5.75 Å². The van der Waals surface area contributed by atoms with Gasteiger partial charge in [-0.3, -0.25) is 0 Å². The summed E-state index contributed by atoms with van der Waals surface area (Å²) in [5.74, 6) is 0.306. The summed E-state index contributed by atoms with van der Waals surface area (Å²) in [4.78, 5) is 10.5. The summed E-state index contributed by atoms with van der Waals surface area (Å²) in [6.45, 7) is 0. The molecule has 0 bridgehead atoms. The first kappa shape index (κ1) is 24.0. The van der Waals surface area contributed by atoms with Crippen LogP contribution in [0.3, 0.4) is 0 Å². The number of hydrogen-bond acceptors (Lipinski definition) is 7. The number of halogens is 3. The zero-order valence-corrected chi connectivity index (χ0v) is 20.1. The van der Waals surface area contributed by atoms with Crippen LogP contribution < -0.4 is 9.64 Å². The van der Waals surface area contributed by atoms with Gasteiger partial charge < -0.3 is 9.64 Å². The standard InChI is InChI=1S/C23H20F3N3O3S2/c1-29(2)20-11-14-10-16(34(30,31)13-21-27-8-9-33-21)5-7-17(14)22(28-20)18-6-4-15(23(24,25)26)12-19(18)32-3/h4-12H,13H2,1-3H3. The molecular weight excluding hydrogens is 487 g/mol. The maximum atomic E-state index is 13.2. The lowest BCUT2D eigenvalue weighted by Gasteiger charge is -2.18. The van der Waals surface area contributed by atoms with Crippen molar-refractivity contribution < 1.29 is 26.3 Å². The maximum Gasteiger partial charge on any atom is 0.416 e. The lowest BCUT2D eigenvalue weighted by Crippen LogP contribution is -2.11. The number of anilines is 1. The van der Waals surface area contributed by atoms with E-state index in [9.17, 15) is 21.6 Å². The summed E-state index contributed by atoms with van der Waals surface area (Å²) in [6.07, 6.45) is -2.97. The Morgan fingerprint density at radius 1 is 1.09 bits per heavy atom. The molecule has 0 aliphatic rings. The third kappa shape index (κ3) is 4.71. The van der Waals surface area contributed by atoms with Gasteiger partial charge in [-0.25, -0.2) is 18.4 Å². The molecule has 0 fully saturated rings. The van der Waals surface area contributed by atoms with Gasteiger partial charge in [0.1, 0.15) is 22.3 Å². The third-order valence-corrected chi connectivity index (χ3v) is 7.78. The van der Waals surface area contributed by atoms with Crippen molar-refractivity contribution in [2.24, 2.45) is 0 Å². The van der Waals surface area contributed by atoms with Crippen molar-refractivity contribution in [3.8, 4) is 17.0 Å². The first-order valence-corrected chi connectivity index (χ1v) is 12.5. The number of alkyl halides is 3. The second kappa shape index (κ2) is 8.88. The number of sulfone groups is 1. The topological polar surface area (TPSA) is 72.4 Å². The quantitative estimate of drug-likeness (QED) is 0.347. The molecule has 0 saturated carbocycles. The molecule has 0 saturated heterocycles.